The van der Waals surface area contributed by atoms with Gasteiger partial charge in [0.15, 0.2) is 0 Å². The average molecular weight is 437 g/mol. The standard InChI is InChI=1S/C25H32N4O3/c1-17-22-14-23(30)29(15-18-5-7-21(31-2)8-6-18)25(22)27-24(26-17)19-4-3-11-28(16-19)20-9-12-32-13-10-20/h5-8,19-20H,3-4,9-16H2,1-2H3/t19-/m1/s1. The molecular weight excluding hydrogens is 404 g/mol. The second-order valence-corrected chi connectivity index (χ2v) is 9.15. The number of amides is 1. The third kappa shape index (κ3) is 4.24. The summed E-state index contributed by atoms with van der Waals surface area (Å²) in [5.74, 6) is 2.92. The summed E-state index contributed by atoms with van der Waals surface area (Å²) in [6.45, 7) is 6.41. The van der Waals surface area contributed by atoms with E-state index in [4.69, 9.17) is 19.4 Å². The van der Waals surface area contributed by atoms with Crippen molar-refractivity contribution in [2.24, 2.45) is 0 Å². The van der Waals surface area contributed by atoms with Gasteiger partial charge in [0.1, 0.15) is 17.4 Å². The molecule has 3 aliphatic heterocycles. The van der Waals surface area contributed by atoms with Gasteiger partial charge in [0.25, 0.3) is 0 Å². The van der Waals surface area contributed by atoms with Crippen molar-refractivity contribution in [1.29, 1.82) is 0 Å². The topological polar surface area (TPSA) is 67.8 Å². The maximum atomic E-state index is 12.9. The summed E-state index contributed by atoms with van der Waals surface area (Å²) in [6.07, 6.45) is 4.87. The molecule has 0 N–H and O–H groups in total. The van der Waals surface area contributed by atoms with E-state index in [0.717, 1.165) is 86.2 Å². The Bertz CT molecular complexity index is 972. The van der Waals surface area contributed by atoms with Gasteiger partial charge < -0.3 is 9.47 Å². The van der Waals surface area contributed by atoms with Crippen molar-refractivity contribution < 1.29 is 14.3 Å². The van der Waals surface area contributed by atoms with Crippen LogP contribution in [0, 0.1) is 6.92 Å². The molecule has 32 heavy (non-hydrogen) atoms. The highest BCUT2D eigenvalue weighted by Crippen LogP contribution is 2.34. The fraction of sp³-hybridized carbons (Fsp3) is 0.560. The number of likely N-dealkylation sites (tertiary alicyclic amines) is 1. The predicted octanol–water partition coefficient (Wildman–Crippen LogP) is 3.24. The normalized spacial score (nSPS) is 22.2. The van der Waals surface area contributed by atoms with Crippen LogP contribution in [0.5, 0.6) is 5.75 Å². The number of benzene rings is 1. The number of hydrogen-bond donors (Lipinski definition) is 0. The van der Waals surface area contributed by atoms with Gasteiger partial charge in [-0.05, 0) is 56.8 Å². The Hall–Kier alpha value is -2.51. The van der Waals surface area contributed by atoms with Crippen LogP contribution in [0.25, 0.3) is 0 Å². The van der Waals surface area contributed by atoms with E-state index in [1.165, 1.54) is 0 Å². The van der Waals surface area contributed by atoms with Gasteiger partial charge in [0.05, 0.1) is 20.1 Å². The summed E-state index contributed by atoms with van der Waals surface area (Å²) in [5.41, 5.74) is 2.98. The van der Waals surface area contributed by atoms with Gasteiger partial charge in [0, 0.05) is 43.0 Å². The van der Waals surface area contributed by atoms with E-state index in [1.54, 1.807) is 7.11 Å². The molecule has 1 atom stereocenters. The van der Waals surface area contributed by atoms with E-state index >= 15 is 0 Å². The van der Waals surface area contributed by atoms with Crippen LogP contribution in [-0.2, 0) is 22.5 Å². The summed E-state index contributed by atoms with van der Waals surface area (Å²) in [7, 11) is 1.66. The zero-order valence-corrected chi connectivity index (χ0v) is 19.0. The Morgan fingerprint density at radius 3 is 2.66 bits per heavy atom. The second-order valence-electron chi connectivity index (χ2n) is 9.15. The molecule has 4 heterocycles. The Morgan fingerprint density at radius 2 is 1.91 bits per heavy atom. The van der Waals surface area contributed by atoms with Gasteiger partial charge in [-0.25, -0.2) is 9.97 Å². The monoisotopic (exact) mass is 436 g/mol. The summed E-state index contributed by atoms with van der Waals surface area (Å²) >= 11 is 0. The number of carbonyl (C=O) groups excluding carboxylic acids is 1. The Balaban J connectivity index is 1.37. The van der Waals surface area contributed by atoms with Gasteiger partial charge >= 0.3 is 0 Å². The maximum Gasteiger partial charge on any atom is 0.233 e. The van der Waals surface area contributed by atoms with Crippen LogP contribution in [0.4, 0.5) is 5.82 Å². The zero-order chi connectivity index (χ0) is 22.1. The zero-order valence-electron chi connectivity index (χ0n) is 19.0. The van der Waals surface area contributed by atoms with Crippen molar-refractivity contribution >= 4 is 11.7 Å². The molecule has 1 aromatic heterocycles. The number of anilines is 1. The molecule has 0 saturated carbocycles. The molecule has 0 unspecified atom stereocenters. The smallest absolute Gasteiger partial charge is 0.233 e. The molecule has 2 saturated heterocycles. The lowest BCUT2D eigenvalue weighted by Gasteiger charge is -2.39. The maximum absolute atomic E-state index is 12.9. The van der Waals surface area contributed by atoms with Crippen molar-refractivity contribution in [3.8, 4) is 5.75 Å². The number of ether oxygens (including phenoxy) is 2. The van der Waals surface area contributed by atoms with Crippen LogP contribution in [0.15, 0.2) is 24.3 Å². The molecule has 0 aliphatic carbocycles. The fourth-order valence-corrected chi connectivity index (χ4v) is 5.26. The van der Waals surface area contributed by atoms with Gasteiger partial charge in [-0.15, -0.1) is 0 Å². The van der Waals surface area contributed by atoms with E-state index in [9.17, 15) is 4.79 Å². The van der Waals surface area contributed by atoms with Gasteiger partial charge in [-0.1, -0.05) is 12.1 Å². The van der Waals surface area contributed by atoms with Crippen LogP contribution in [0.2, 0.25) is 0 Å². The molecule has 2 aromatic rings. The van der Waals surface area contributed by atoms with Gasteiger partial charge in [0.2, 0.25) is 5.91 Å². The number of aromatic nitrogens is 2. The highest BCUT2D eigenvalue weighted by Gasteiger charge is 2.34. The van der Waals surface area contributed by atoms with Crippen LogP contribution in [0.1, 0.15) is 54.2 Å². The van der Waals surface area contributed by atoms with E-state index in [2.05, 4.69) is 4.90 Å². The van der Waals surface area contributed by atoms with Crippen LogP contribution >= 0.6 is 0 Å². The van der Waals surface area contributed by atoms with E-state index in [0.29, 0.717) is 24.9 Å². The summed E-state index contributed by atoms with van der Waals surface area (Å²) < 4.78 is 10.8. The Labute approximate surface area is 189 Å². The molecule has 3 aliphatic rings. The van der Waals surface area contributed by atoms with E-state index < -0.39 is 0 Å². The first-order valence-electron chi connectivity index (χ1n) is 11.7. The summed E-state index contributed by atoms with van der Waals surface area (Å²) in [4.78, 5) is 27.2. The molecule has 0 radical (unpaired) electrons. The van der Waals surface area contributed by atoms with Crippen molar-refractivity contribution in [1.82, 2.24) is 14.9 Å². The third-order valence-electron chi connectivity index (χ3n) is 7.12. The number of nitrogens with zero attached hydrogens (tertiary/aromatic N) is 4. The minimum Gasteiger partial charge on any atom is -0.497 e. The number of methoxy groups -OCH3 is 1. The Morgan fingerprint density at radius 1 is 1.12 bits per heavy atom. The molecular formula is C25H32N4O3. The van der Waals surface area contributed by atoms with Crippen molar-refractivity contribution in [3.63, 3.8) is 0 Å². The van der Waals surface area contributed by atoms with Crippen molar-refractivity contribution in [2.75, 3.05) is 38.3 Å². The van der Waals surface area contributed by atoms with Crippen LogP contribution in [0.3, 0.4) is 0 Å². The first kappa shape index (κ1) is 21.3. The molecule has 170 valence electrons. The highest BCUT2D eigenvalue weighted by atomic mass is 16.5. The molecule has 1 aromatic carbocycles. The van der Waals surface area contributed by atoms with E-state index in [-0.39, 0.29) is 5.91 Å². The van der Waals surface area contributed by atoms with Crippen LogP contribution < -0.4 is 9.64 Å². The van der Waals surface area contributed by atoms with Crippen molar-refractivity contribution in [3.05, 3.63) is 46.9 Å². The number of piperidine rings is 1. The SMILES string of the molecule is COc1ccc(CN2C(=O)Cc3c(C)nc([C@@H]4CCCN(C5CCOCC5)C4)nc32)cc1. The van der Waals surface area contributed by atoms with Crippen molar-refractivity contribution in [2.45, 2.75) is 57.5 Å². The average Bonchev–Trinajstić information content (AvgIpc) is 3.16. The minimum atomic E-state index is 0.0952. The highest BCUT2D eigenvalue weighted by molar-refractivity contribution is 6.00. The number of carbonyl (C=O) groups is 1. The number of fused-ring (bicyclic) bond motifs is 1. The molecule has 2 fully saturated rings. The van der Waals surface area contributed by atoms with Gasteiger partial charge in [-0.3, -0.25) is 14.6 Å². The first-order valence-corrected chi connectivity index (χ1v) is 11.7. The van der Waals surface area contributed by atoms with E-state index in [1.807, 2.05) is 36.1 Å². The first-order chi connectivity index (χ1) is 15.6. The molecule has 0 spiro atoms. The second kappa shape index (κ2) is 9.16. The largest absolute Gasteiger partial charge is 0.497 e. The van der Waals surface area contributed by atoms with Gasteiger partial charge in [-0.2, -0.15) is 0 Å². The summed E-state index contributed by atoms with van der Waals surface area (Å²) in [5, 5.41) is 0. The third-order valence-corrected chi connectivity index (χ3v) is 7.12. The van der Waals surface area contributed by atoms with Crippen LogP contribution in [-0.4, -0.2) is 60.2 Å². The number of hydrogen-bond acceptors (Lipinski definition) is 6. The lowest BCUT2D eigenvalue weighted by molar-refractivity contribution is -0.117. The molecule has 1 amide bonds. The number of aryl methyl sites for hydroxylation is 1. The minimum absolute atomic E-state index is 0.0952. The fourth-order valence-electron chi connectivity index (χ4n) is 5.26. The predicted molar refractivity (Wildman–Crippen MR) is 122 cm³/mol. The Kier molecular flexibility index (Phi) is 6.11. The molecule has 5 rings (SSSR count). The quantitative estimate of drug-likeness (QED) is 0.717. The number of rotatable bonds is 5. The molecule has 7 heteroatoms. The lowest BCUT2D eigenvalue weighted by atomic mass is 9.94. The summed E-state index contributed by atoms with van der Waals surface area (Å²) in [6, 6.07) is 8.48. The molecule has 7 nitrogen and oxygen atoms in total. The lowest BCUT2D eigenvalue weighted by Crippen LogP contribution is -2.44. The molecule has 0 bridgehead atoms.